The summed E-state index contributed by atoms with van der Waals surface area (Å²) in [5, 5.41) is 6.87. The molecule has 0 saturated heterocycles. The summed E-state index contributed by atoms with van der Waals surface area (Å²) in [5.41, 5.74) is 3.28. The molecule has 3 rings (SSSR count). The van der Waals surface area contributed by atoms with Crippen molar-refractivity contribution in [3.05, 3.63) is 82.3 Å². The van der Waals surface area contributed by atoms with Crippen molar-refractivity contribution in [3.63, 3.8) is 0 Å². The van der Waals surface area contributed by atoms with Gasteiger partial charge in [0.1, 0.15) is 5.82 Å². The number of carbonyl (C=O) groups excluding carboxylic acids is 1. The number of hydrogen-bond donors (Lipinski definition) is 1. The average molecular weight is 311 g/mol. The second kappa shape index (κ2) is 6.54. The number of rotatable bonds is 4. The van der Waals surface area contributed by atoms with Crippen molar-refractivity contribution >= 4 is 17.2 Å². The van der Waals surface area contributed by atoms with Crippen LogP contribution in [0.1, 0.15) is 15.9 Å². The highest BCUT2D eigenvalue weighted by Gasteiger charge is 2.11. The number of amides is 1. The molecule has 0 spiro atoms. The predicted octanol–water partition coefficient (Wildman–Crippen LogP) is 4.48. The van der Waals surface area contributed by atoms with E-state index in [1.54, 1.807) is 23.5 Å². The maximum atomic E-state index is 13.6. The summed E-state index contributed by atoms with van der Waals surface area (Å²) in [6.45, 7) is 0.360. The molecular weight excluding hydrogens is 297 g/mol. The highest BCUT2D eigenvalue weighted by molar-refractivity contribution is 7.08. The van der Waals surface area contributed by atoms with Gasteiger partial charge < -0.3 is 5.32 Å². The quantitative estimate of drug-likeness (QED) is 0.756. The monoisotopic (exact) mass is 311 g/mol. The second-order valence-corrected chi connectivity index (χ2v) is 5.61. The summed E-state index contributed by atoms with van der Waals surface area (Å²) in [7, 11) is 0. The van der Waals surface area contributed by atoms with Crippen molar-refractivity contribution in [2.24, 2.45) is 0 Å². The third-order valence-electron chi connectivity index (χ3n) is 3.41. The number of halogens is 1. The Balaban J connectivity index is 1.78. The van der Waals surface area contributed by atoms with E-state index in [9.17, 15) is 9.18 Å². The molecule has 0 bridgehead atoms. The summed E-state index contributed by atoms with van der Waals surface area (Å²) in [6.07, 6.45) is 0. The fourth-order valence-electron chi connectivity index (χ4n) is 2.29. The third kappa shape index (κ3) is 3.07. The van der Waals surface area contributed by atoms with Crippen LogP contribution < -0.4 is 5.32 Å². The summed E-state index contributed by atoms with van der Waals surface area (Å²) in [5.74, 6) is -0.913. The first-order valence-corrected chi connectivity index (χ1v) is 7.83. The minimum absolute atomic E-state index is 0.0653. The van der Waals surface area contributed by atoms with Crippen molar-refractivity contribution in [3.8, 4) is 11.1 Å². The molecule has 1 amide bonds. The zero-order valence-electron chi connectivity index (χ0n) is 11.8. The van der Waals surface area contributed by atoms with Gasteiger partial charge >= 0.3 is 0 Å². The van der Waals surface area contributed by atoms with Gasteiger partial charge in [-0.3, -0.25) is 4.79 Å². The van der Waals surface area contributed by atoms with Crippen LogP contribution in [0.15, 0.2) is 65.4 Å². The van der Waals surface area contributed by atoms with E-state index in [0.717, 1.165) is 16.7 Å². The first kappa shape index (κ1) is 14.5. The highest BCUT2D eigenvalue weighted by atomic mass is 32.1. The molecule has 22 heavy (non-hydrogen) atoms. The van der Waals surface area contributed by atoms with E-state index in [0.29, 0.717) is 6.54 Å². The van der Waals surface area contributed by atoms with E-state index in [1.807, 2.05) is 35.7 Å². The van der Waals surface area contributed by atoms with Gasteiger partial charge in [0.05, 0.1) is 5.56 Å². The van der Waals surface area contributed by atoms with Gasteiger partial charge in [0.15, 0.2) is 0 Å². The van der Waals surface area contributed by atoms with Crippen LogP contribution in [0.5, 0.6) is 0 Å². The SMILES string of the molecule is O=C(NCc1ccccc1-c1ccsc1)c1ccccc1F. The van der Waals surface area contributed by atoms with Crippen molar-refractivity contribution in [1.82, 2.24) is 5.32 Å². The molecule has 2 aromatic carbocycles. The topological polar surface area (TPSA) is 29.1 Å². The Labute approximate surface area is 132 Å². The van der Waals surface area contributed by atoms with E-state index in [1.165, 1.54) is 12.1 Å². The van der Waals surface area contributed by atoms with E-state index in [-0.39, 0.29) is 5.56 Å². The Morgan fingerprint density at radius 3 is 2.59 bits per heavy atom. The van der Waals surface area contributed by atoms with Crippen LogP contribution in [-0.4, -0.2) is 5.91 Å². The molecule has 0 fully saturated rings. The number of hydrogen-bond acceptors (Lipinski definition) is 2. The van der Waals surface area contributed by atoms with Gasteiger partial charge in [-0.05, 0) is 45.6 Å². The average Bonchev–Trinajstić information content (AvgIpc) is 3.07. The van der Waals surface area contributed by atoms with Crippen LogP contribution in [0.3, 0.4) is 0 Å². The Bertz CT molecular complexity index is 783. The van der Waals surface area contributed by atoms with Crippen molar-refractivity contribution < 1.29 is 9.18 Å². The lowest BCUT2D eigenvalue weighted by Crippen LogP contribution is -2.24. The predicted molar refractivity (Wildman–Crippen MR) is 87.3 cm³/mol. The molecule has 0 aliphatic heterocycles. The number of benzene rings is 2. The van der Waals surface area contributed by atoms with Crippen molar-refractivity contribution in [1.29, 1.82) is 0 Å². The maximum absolute atomic E-state index is 13.6. The molecule has 0 atom stereocenters. The lowest BCUT2D eigenvalue weighted by atomic mass is 10.0. The van der Waals surface area contributed by atoms with Crippen LogP contribution in [-0.2, 0) is 6.54 Å². The minimum atomic E-state index is -0.508. The minimum Gasteiger partial charge on any atom is -0.348 e. The third-order valence-corrected chi connectivity index (χ3v) is 4.09. The first-order chi connectivity index (χ1) is 10.8. The van der Waals surface area contributed by atoms with E-state index < -0.39 is 11.7 Å². The zero-order valence-corrected chi connectivity index (χ0v) is 12.6. The summed E-state index contributed by atoms with van der Waals surface area (Å²) in [4.78, 5) is 12.1. The smallest absolute Gasteiger partial charge is 0.254 e. The van der Waals surface area contributed by atoms with Crippen LogP contribution >= 0.6 is 11.3 Å². The van der Waals surface area contributed by atoms with Crippen molar-refractivity contribution in [2.75, 3.05) is 0 Å². The molecule has 110 valence electrons. The van der Waals surface area contributed by atoms with Gasteiger partial charge in [0.25, 0.3) is 5.91 Å². The zero-order chi connectivity index (χ0) is 15.4. The van der Waals surface area contributed by atoms with Gasteiger partial charge in [-0.15, -0.1) is 0 Å². The summed E-state index contributed by atoms with van der Waals surface area (Å²) < 4.78 is 13.6. The van der Waals surface area contributed by atoms with E-state index in [4.69, 9.17) is 0 Å². The van der Waals surface area contributed by atoms with Gasteiger partial charge in [-0.25, -0.2) is 4.39 Å². The molecule has 4 heteroatoms. The molecule has 0 aliphatic rings. The second-order valence-electron chi connectivity index (χ2n) is 4.83. The molecule has 0 aliphatic carbocycles. The van der Waals surface area contributed by atoms with Gasteiger partial charge in [-0.1, -0.05) is 36.4 Å². The summed E-state index contributed by atoms with van der Waals surface area (Å²) >= 11 is 1.63. The molecule has 1 heterocycles. The number of thiophene rings is 1. The number of nitrogens with one attached hydrogen (secondary N) is 1. The Morgan fingerprint density at radius 2 is 1.82 bits per heavy atom. The highest BCUT2D eigenvalue weighted by Crippen LogP contribution is 2.25. The van der Waals surface area contributed by atoms with Gasteiger partial charge in [0, 0.05) is 6.54 Å². The van der Waals surface area contributed by atoms with Crippen LogP contribution in [0, 0.1) is 5.82 Å². The van der Waals surface area contributed by atoms with Gasteiger partial charge in [-0.2, -0.15) is 11.3 Å². The van der Waals surface area contributed by atoms with Crippen LogP contribution in [0.25, 0.3) is 11.1 Å². The van der Waals surface area contributed by atoms with Crippen molar-refractivity contribution in [2.45, 2.75) is 6.54 Å². The van der Waals surface area contributed by atoms with E-state index in [2.05, 4.69) is 10.7 Å². The molecule has 0 radical (unpaired) electrons. The molecular formula is C18H14FNOS. The van der Waals surface area contributed by atoms with Crippen LogP contribution in [0.4, 0.5) is 4.39 Å². The Hall–Kier alpha value is -2.46. The number of carbonyl (C=O) groups is 1. The molecule has 1 aromatic heterocycles. The first-order valence-electron chi connectivity index (χ1n) is 6.89. The Kier molecular flexibility index (Phi) is 4.30. The maximum Gasteiger partial charge on any atom is 0.254 e. The molecule has 0 unspecified atom stereocenters. The molecule has 1 N–H and O–H groups in total. The molecule has 2 nitrogen and oxygen atoms in total. The fourth-order valence-corrected chi connectivity index (χ4v) is 2.95. The van der Waals surface area contributed by atoms with Crippen LogP contribution in [0.2, 0.25) is 0 Å². The normalized spacial score (nSPS) is 10.4. The molecule has 0 saturated carbocycles. The lowest BCUT2D eigenvalue weighted by molar-refractivity contribution is 0.0947. The molecule has 3 aromatic rings. The largest absolute Gasteiger partial charge is 0.348 e. The summed E-state index contributed by atoms with van der Waals surface area (Å²) in [6, 6.07) is 15.9. The Morgan fingerprint density at radius 1 is 1.05 bits per heavy atom. The fraction of sp³-hybridized carbons (Fsp3) is 0.0556. The van der Waals surface area contributed by atoms with E-state index >= 15 is 0 Å². The van der Waals surface area contributed by atoms with Gasteiger partial charge in [0.2, 0.25) is 0 Å². The lowest BCUT2D eigenvalue weighted by Gasteiger charge is -2.10. The standard InChI is InChI=1S/C18H14FNOS/c19-17-8-4-3-7-16(17)18(21)20-11-13-5-1-2-6-15(13)14-9-10-22-12-14/h1-10,12H,11H2,(H,20,21).